The molecule has 0 fully saturated rings. The zero-order valence-electron chi connectivity index (χ0n) is 12.6. The predicted molar refractivity (Wildman–Crippen MR) is 83.1 cm³/mol. The van der Waals surface area contributed by atoms with Gasteiger partial charge in [-0.2, -0.15) is 0 Å². The summed E-state index contributed by atoms with van der Waals surface area (Å²) in [5.41, 5.74) is 2.20. The standard InChI is InChI=1S/C16H25N3O/c1-4-12(2)19(3)10-9-17-16(20)14-11-18-15-8-6-5-7-13(14)15/h5-8,12,14,18H,4,9-11H2,1-3H3,(H,17,20). The number of likely N-dealkylation sites (N-methyl/N-ethyl adjacent to an activating group) is 1. The number of anilines is 1. The highest BCUT2D eigenvalue weighted by Gasteiger charge is 2.27. The van der Waals surface area contributed by atoms with Crippen molar-refractivity contribution in [3.63, 3.8) is 0 Å². The molecule has 110 valence electrons. The molecule has 0 aromatic heterocycles. The first-order chi connectivity index (χ1) is 9.63. The Kier molecular flexibility index (Phi) is 5.01. The molecule has 1 aromatic rings. The summed E-state index contributed by atoms with van der Waals surface area (Å²) in [5.74, 6) is 0.0695. The van der Waals surface area contributed by atoms with E-state index in [0.717, 1.165) is 24.2 Å². The van der Waals surface area contributed by atoms with E-state index in [-0.39, 0.29) is 11.8 Å². The van der Waals surface area contributed by atoms with Gasteiger partial charge in [-0.3, -0.25) is 4.79 Å². The van der Waals surface area contributed by atoms with Gasteiger partial charge in [-0.05, 0) is 32.0 Å². The number of carbonyl (C=O) groups excluding carboxylic acids is 1. The van der Waals surface area contributed by atoms with Crippen LogP contribution in [0.1, 0.15) is 31.7 Å². The molecule has 0 bridgehead atoms. The van der Waals surface area contributed by atoms with Gasteiger partial charge in [0.05, 0.1) is 5.92 Å². The Morgan fingerprint density at radius 1 is 1.50 bits per heavy atom. The number of amides is 1. The normalized spacial score (nSPS) is 18.5. The molecule has 4 nitrogen and oxygen atoms in total. The molecule has 4 heteroatoms. The van der Waals surface area contributed by atoms with Crippen molar-refractivity contribution in [3.05, 3.63) is 29.8 Å². The highest BCUT2D eigenvalue weighted by molar-refractivity contribution is 5.88. The molecule has 0 radical (unpaired) electrons. The number of nitrogens with one attached hydrogen (secondary N) is 2. The SMILES string of the molecule is CCC(C)N(C)CCNC(=O)C1CNc2ccccc21. The Labute approximate surface area is 121 Å². The van der Waals surface area contributed by atoms with Gasteiger partial charge in [0.1, 0.15) is 0 Å². The molecule has 1 amide bonds. The Morgan fingerprint density at radius 3 is 3.00 bits per heavy atom. The lowest BCUT2D eigenvalue weighted by Gasteiger charge is -2.23. The van der Waals surface area contributed by atoms with E-state index in [1.165, 1.54) is 0 Å². The van der Waals surface area contributed by atoms with E-state index in [0.29, 0.717) is 19.1 Å². The molecule has 1 aliphatic rings. The topological polar surface area (TPSA) is 44.4 Å². The molecule has 0 saturated heterocycles. The van der Waals surface area contributed by atoms with Gasteiger partial charge >= 0.3 is 0 Å². The number of benzene rings is 1. The summed E-state index contributed by atoms with van der Waals surface area (Å²) in [6.45, 7) is 6.69. The van der Waals surface area contributed by atoms with Crippen molar-refractivity contribution >= 4 is 11.6 Å². The average molecular weight is 275 g/mol. The van der Waals surface area contributed by atoms with Crippen molar-refractivity contribution in [2.75, 3.05) is 32.0 Å². The molecular weight excluding hydrogens is 250 g/mol. The predicted octanol–water partition coefficient (Wildman–Crippen LogP) is 2.04. The second-order valence-corrected chi connectivity index (χ2v) is 5.55. The molecule has 0 spiro atoms. The van der Waals surface area contributed by atoms with Crippen LogP contribution in [0, 0.1) is 0 Å². The number of rotatable bonds is 6. The summed E-state index contributed by atoms with van der Waals surface area (Å²) in [7, 11) is 2.10. The molecule has 20 heavy (non-hydrogen) atoms. The zero-order valence-corrected chi connectivity index (χ0v) is 12.6. The lowest BCUT2D eigenvalue weighted by atomic mass is 10.0. The van der Waals surface area contributed by atoms with E-state index in [9.17, 15) is 4.79 Å². The van der Waals surface area contributed by atoms with Crippen molar-refractivity contribution in [2.24, 2.45) is 0 Å². The molecule has 2 atom stereocenters. The summed E-state index contributed by atoms with van der Waals surface area (Å²) in [4.78, 5) is 14.5. The Balaban J connectivity index is 1.82. The van der Waals surface area contributed by atoms with Gasteiger partial charge in [0.2, 0.25) is 5.91 Å². The van der Waals surface area contributed by atoms with Crippen LogP contribution in [-0.4, -0.2) is 43.5 Å². The summed E-state index contributed by atoms with van der Waals surface area (Å²) >= 11 is 0. The second kappa shape index (κ2) is 6.75. The third-order valence-electron chi connectivity index (χ3n) is 4.26. The van der Waals surface area contributed by atoms with Crippen LogP contribution in [0.15, 0.2) is 24.3 Å². The molecular formula is C16H25N3O. The smallest absolute Gasteiger partial charge is 0.229 e. The van der Waals surface area contributed by atoms with Gasteiger partial charge in [-0.1, -0.05) is 25.1 Å². The monoisotopic (exact) mass is 275 g/mol. The Hall–Kier alpha value is -1.55. The van der Waals surface area contributed by atoms with Gasteiger partial charge in [-0.25, -0.2) is 0 Å². The summed E-state index contributed by atoms with van der Waals surface area (Å²) < 4.78 is 0. The second-order valence-electron chi connectivity index (χ2n) is 5.55. The van der Waals surface area contributed by atoms with Gasteiger partial charge in [0, 0.05) is 31.4 Å². The number of nitrogens with zero attached hydrogens (tertiary/aromatic N) is 1. The molecule has 2 N–H and O–H groups in total. The number of hydrogen-bond donors (Lipinski definition) is 2. The molecule has 0 saturated carbocycles. The summed E-state index contributed by atoms with van der Waals surface area (Å²) in [5, 5.41) is 6.34. The van der Waals surface area contributed by atoms with Gasteiger partial charge in [0.25, 0.3) is 0 Å². The number of carbonyl (C=O) groups is 1. The van der Waals surface area contributed by atoms with E-state index in [1.807, 2.05) is 24.3 Å². The average Bonchev–Trinajstić information content (AvgIpc) is 2.90. The third-order valence-corrected chi connectivity index (χ3v) is 4.26. The van der Waals surface area contributed by atoms with Crippen LogP contribution in [0.3, 0.4) is 0 Å². The number of fused-ring (bicyclic) bond motifs is 1. The van der Waals surface area contributed by atoms with E-state index in [2.05, 4.69) is 36.4 Å². The largest absolute Gasteiger partial charge is 0.384 e. The maximum Gasteiger partial charge on any atom is 0.229 e. The maximum atomic E-state index is 12.3. The zero-order chi connectivity index (χ0) is 14.5. The van der Waals surface area contributed by atoms with Crippen LogP contribution in [0.25, 0.3) is 0 Å². The van der Waals surface area contributed by atoms with Crippen LogP contribution in [-0.2, 0) is 4.79 Å². The fourth-order valence-electron chi connectivity index (χ4n) is 2.53. The number of hydrogen-bond acceptors (Lipinski definition) is 3. The fraction of sp³-hybridized carbons (Fsp3) is 0.562. The minimum absolute atomic E-state index is 0.0555. The van der Waals surface area contributed by atoms with Crippen molar-refractivity contribution < 1.29 is 4.79 Å². The first-order valence-electron chi connectivity index (χ1n) is 7.44. The molecule has 2 rings (SSSR count). The van der Waals surface area contributed by atoms with Crippen LogP contribution in [0.5, 0.6) is 0 Å². The molecule has 1 aliphatic heterocycles. The van der Waals surface area contributed by atoms with Gasteiger partial charge in [0.15, 0.2) is 0 Å². The van der Waals surface area contributed by atoms with Crippen LogP contribution >= 0.6 is 0 Å². The quantitative estimate of drug-likeness (QED) is 0.835. The number of para-hydroxylation sites is 1. The molecule has 1 aromatic carbocycles. The molecule has 2 unspecified atom stereocenters. The van der Waals surface area contributed by atoms with Crippen LogP contribution < -0.4 is 10.6 Å². The summed E-state index contributed by atoms with van der Waals surface area (Å²) in [6, 6.07) is 8.60. The van der Waals surface area contributed by atoms with E-state index in [1.54, 1.807) is 0 Å². The van der Waals surface area contributed by atoms with Crippen molar-refractivity contribution in [1.82, 2.24) is 10.2 Å². The van der Waals surface area contributed by atoms with Crippen molar-refractivity contribution in [1.29, 1.82) is 0 Å². The van der Waals surface area contributed by atoms with E-state index >= 15 is 0 Å². The van der Waals surface area contributed by atoms with Crippen molar-refractivity contribution in [2.45, 2.75) is 32.2 Å². The van der Waals surface area contributed by atoms with Crippen molar-refractivity contribution in [3.8, 4) is 0 Å². The van der Waals surface area contributed by atoms with Crippen LogP contribution in [0.2, 0.25) is 0 Å². The van der Waals surface area contributed by atoms with E-state index in [4.69, 9.17) is 0 Å². The van der Waals surface area contributed by atoms with Gasteiger partial charge in [-0.15, -0.1) is 0 Å². The van der Waals surface area contributed by atoms with E-state index < -0.39 is 0 Å². The first kappa shape index (κ1) is 14.9. The fourth-order valence-corrected chi connectivity index (χ4v) is 2.53. The minimum atomic E-state index is -0.0555. The van der Waals surface area contributed by atoms with Crippen LogP contribution in [0.4, 0.5) is 5.69 Å². The third kappa shape index (κ3) is 3.31. The first-order valence-corrected chi connectivity index (χ1v) is 7.44. The Morgan fingerprint density at radius 2 is 2.25 bits per heavy atom. The van der Waals surface area contributed by atoms with Gasteiger partial charge < -0.3 is 15.5 Å². The lowest BCUT2D eigenvalue weighted by molar-refractivity contribution is -0.122. The maximum absolute atomic E-state index is 12.3. The highest BCUT2D eigenvalue weighted by atomic mass is 16.1. The molecule has 0 aliphatic carbocycles. The summed E-state index contributed by atoms with van der Waals surface area (Å²) in [6.07, 6.45) is 1.13. The minimum Gasteiger partial charge on any atom is -0.384 e. The highest BCUT2D eigenvalue weighted by Crippen LogP contribution is 2.30. The Bertz CT molecular complexity index is 461. The lowest BCUT2D eigenvalue weighted by Crippen LogP contribution is -2.39. The molecule has 1 heterocycles.